The van der Waals surface area contributed by atoms with Crippen LogP contribution in [0.5, 0.6) is 0 Å². The van der Waals surface area contributed by atoms with E-state index < -0.39 is 11.5 Å². The first-order valence-corrected chi connectivity index (χ1v) is 5.83. The number of carboxylic acid groups (broad SMARTS) is 1. The molecule has 1 aromatic carbocycles. The molecule has 1 heterocycles. The van der Waals surface area contributed by atoms with Crippen LogP contribution < -0.4 is 5.32 Å². The molecule has 0 bridgehead atoms. The van der Waals surface area contributed by atoms with Gasteiger partial charge >= 0.3 is 5.97 Å². The number of carbonyl (C=O) groups is 1. The lowest BCUT2D eigenvalue weighted by Gasteiger charge is -2.34. The maximum absolute atomic E-state index is 11.4. The van der Waals surface area contributed by atoms with Crippen LogP contribution in [0.15, 0.2) is 30.3 Å². The average molecular weight is 235 g/mol. The molecule has 0 atom stereocenters. The fraction of sp³-hybridized carbons (Fsp3) is 0.462. The molecule has 0 spiro atoms. The van der Waals surface area contributed by atoms with E-state index in [4.69, 9.17) is 4.74 Å². The third-order valence-electron chi connectivity index (χ3n) is 3.23. The Balaban J connectivity index is 2.01. The number of nitrogens with one attached hydrogen (secondary N) is 1. The van der Waals surface area contributed by atoms with Crippen LogP contribution in [0.2, 0.25) is 0 Å². The van der Waals surface area contributed by atoms with Crippen molar-refractivity contribution in [1.82, 2.24) is 5.32 Å². The molecule has 0 aliphatic carbocycles. The second-order valence-corrected chi connectivity index (χ2v) is 4.34. The molecule has 1 aliphatic heterocycles. The van der Waals surface area contributed by atoms with Crippen molar-refractivity contribution in [1.29, 1.82) is 0 Å². The topological polar surface area (TPSA) is 58.6 Å². The molecule has 0 amide bonds. The van der Waals surface area contributed by atoms with Gasteiger partial charge in [-0.1, -0.05) is 30.3 Å². The van der Waals surface area contributed by atoms with Gasteiger partial charge in [0.15, 0.2) is 0 Å². The summed E-state index contributed by atoms with van der Waals surface area (Å²) in [4.78, 5) is 11.4. The number of carboxylic acids is 1. The number of benzene rings is 1. The van der Waals surface area contributed by atoms with Crippen LogP contribution in [0.4, 0.5) is 0 Å². The van der Waals surface area contributed by atoms with Crippen LogP contribution in [0.3, 0.4) is 0 Å². The molecule has 0 radical (unpaired) electrons. The molecule has 1 aromatic rings. The van der Waals surface area contributed by atoms with Crippen LogP contribution in [0.1, 0.15) is 18.4 Å². The van der Waals surface area contributed by atoms with E-state index in [0.29, 0.717) is 32.6 Å². The zero-order valence-electron chi connectivity index (χ0n) is 9.69. The fourth-order valence-corrected chi connectivity index (χ4v) is 2.05. The van der Waals surface area contributed by atoms with Crippen molar-refractivity contribution in [2.75, 3.05) is 13.2 Å². The van der Waals surface area contributed by atoms with E-state index in [-0.39, 0.29) is 0 Å². The van der Waals surface area contributed by atoms with Crippen molar-refractivity contribution >= 4 is 5.97 Å². The van der Waals surface area contributed by atoms with Gasteiger partial charge in [0, 0.05) is 19.8 Å². The van der Waals surface area contributed by atoms with Crippen LogP contribution in [0, 0.1) is 0 Å². The smallest absolute Gasteiger partial charge is 0.324 e. The highest BCUT2D eigenvalue weighted by Gasteiger charge is 2.39. The first kappa shape index (κ1) is 12.1. The molecule has 1 saturated heterocycles. The Labute approximate surface area is 101 Å². The van der Waals surface area contributed by atoms with Crippen LogP contribution in [0.25, 0.3) is 0 Å². The van der Waals surface area contributed by atoms with Crippen LogP contribution in [-0.4, -0.2) is 29.8 Å². The van der Waals surface area contributed by atoms with Crippen molar-refractivity contribution in [2.24, 2.45) is 0 Å². The first-order chi connectivity index (χ1) is 8.23. The quantitative estimate of drug-likeness (QED) is 0.828. The van der Waals surface area contributed by atoms with Crippen molar-refractivity contribution in [2.45, 2.75) is 24.9 Å². The number of hydrogen-bond acceptors (Lipinski definition) is 3. The van der Waals surface area contributed by atoms with Gasteiger partial charge in [0.25, 0.3) is 0 Å². The van der Waals surface area contributed by atoms with E-state index in [0.717, 1.165) is 5.56 Å². The normalized spacial score (nSPS) is 18.8. The van der Waals surface area contributed by atoms with Crippen molar-refractivity contribution in [3.05, 3.63) is 35.9 Å². The summed E-state index contributed by atoms with van der Waals surface area (Å²) in [6.45, 7) is 1.59. The predicted molar refractivity (Wildman–Crippen MR) is 63.7 cm³/mol. The Morgan fingerprint density at radius 3 is 2.53 bits per heavy atom. The van der Waals surface area contributed by atoms with Crippen molar-refractivity contribution < 1.29 is 14.6 Å². The van der Waals surface area contributed by atoms with Gasteiger partial charge in [-0.2, -0.15) is 0 Å². The number of aliphatic carboxylic acids is 1. The summed E-state index contributed by atoms with van der Waals surface area (Å²) >= 11 is 0. The SMILES string of the molecule is O=C(O)C1(NCc2ccccc2)CCOCC1. The summed E-state index contributed by atoms with van der Waals surface area (Å²) in [6, 6.07) is 9.83. The molecular weight excluding hydrogens is 218 g/mol. The third kappa shape index (κ3) is 2.84. The monoisotopic (exact) mass is 235 g/mol. The minimum Gasteiger partial charge on any atom is -0.480 e. The lowest BCUT2D eigenvalue weighted by Crippen LogP contribution is -2.55. The lowest BCUT2D eigenvalue weighted by atomic mass is 9.90. The highest BCUT2D eigenvalue weighted by Crippen LogP contribution is 2.21. The Hall–Kier alpha value is -1.39. The Morgan fingerprint density at radius 2 is 1.94 bits per heavy atom. The second kappa shape index (κ2) is 5.29. The molecule has 92 valence electrons. The molecular formula is C13H17NO3. The summed E-state index contributed by atoms with van der Waals surface area (Å²) < 4.78 is 5.22. The van der Waals surface area contributed by atoms with Crippen LogP contribution in [-0.2, 0) is 16.1 Å². The minimum absolute atomic E-state index is 0.508. The largest absolute Gasteiger partial charge is 0.480 e. The first-order valence-electron chi connectivity index (χ1n) is 5.83. The van der Waals surface area contributed by atoms with Gasteiger partial charge < -0.3 is 9.84 Å². The Kier molecular flexibility index (Phi) is 3.76. The lowest BCUT2D eigenvalue weighted by molar-refractivity contribution is -0.149. The van der Waals surface area contributed by atoms with Gasteiger partial charge in [-0.3, -0.25) is 10.1 Å². The molecule has 1 aliphatic rings. The summed E-state index contributed by atoms with van der Waals surface area (Å²) in [5.74, 6) is -0.781. The molecule has 2 rings (SSSR count). The molecule has 4 heteroatoms. The van der Waals surface area contributed by atoms with E-state index in [2.05, 4.69) is 5.32 Å². The van der Waals surface area contributed by atoms with E-state index in [1.54, 1.807) is 0 Å². The molecule has 0 unspecified atom stereocenters. The number of ether oxygens (including phenoxy) is 1. The van der Waals surface area contributed by atoms with E-state index in [9.17, 15) is 9.90 Å². The minimum atomic E-state index is -0.825. The number of rotatable bonds is 4. The second-order valence-electron chi connectivity index (χ2n) is 4.34. The maximum atomic E-state index is 11.4. The predicted octanol–water partition coefficient (Wildman–Crippen LogP) is 1.41. The Morgan fingerprint density at radius 1 is 1.29 bits per heavy atom. The van der Waals surface area contributed by atoms with Gasteiger partial charge in [0.05, 0.1) is 0 Å². The summed E-state index contributed by atoms with van der Waals surface area (Å²) in [7, 11) is 0. The highest BCUT2D eigenvalue weighted by atomic mass is 16.5. The van der Waals surface area contributed by atoms with Gasteiger partial charge in [-0.25, -0.2) is 0 Å². The maximum Gasteiger partial charge on any atom is 0.324 e. The highest BCUT2D eigenvalue weighted by molar-refractivity contribution is 5.78. The summed E-state index contributed by atoms with van der Waals surface area (Å²) in [5, 5.41) is 12.5. The molecule has 4 nitrogen and oxygen atoms in total. The van der Waals surface area contributed by atoms with Crippen LogP contribution >= 0.6 is 0 Å². The van der Waals surface area contributed by atoms with Crippen molar-refractivity contribution in [3.8, 4) is 0 Å². The molecule has 0 aromatic heterocycles. The molecule has 17 heavy (non-hydrogen) atoms. The summed E-state index contributed by atoms with van der Waals surface area (Å²) in [6.07, 6.45) is 1.05. The fourth-order valence-electron chi connectivity index (χ4n) is 2.05. The Bertz CT molecular complexity index is 372. The molecule has 1 fully saturated rings. The van der Waals surface area contributed by atoms with Gasteiger partial charge in [-0.05, 0) is 18.4 Å². The van der Waals surface area contributed by atoms with E-state index >= 15 is 0 Å². The van der Waals surface area contributed by atoms with E-state index in [1.165, 1.54) is 0 Å². The zero-order valence-corrected chi connectivity index (χ0v) is 9.69. The van der Waals surface area contributed by atoms with Crippen molar-refractivity contribution in [3.63, 3.8) is 0 Å². The number of hydrogen-bond donors (Lipinski definition) is 2. The molecule has 2 N–H and O–H groups in total. The third-order valence-corrected chi connectivity index (χ3v) is 3.23. The van der Waals surface area contributed by atoms with Gasteiger partial charge in [0.2, 0.25) is 0 Å². The summed E-state index contributed by atoms with van der Waals surface area (Å²) in [5.41, 5.74) is 0.272. The average Bonchev–Trinajstić information content (AvgIpc) is 2.38. The van der Waals surface area contributed by atoms with Gasteiger partial charge in [0.1, 0.15) is 5.54 Å². The zero-order chi connectivity index (χ0) is 12.1. The molecule has 0 saturated carbocycles. The van der Waals surface area contributed by atoms with E-state index in [1.807, 2.05) is 30.3 Å². The van der Waals surface area contributed by atoms with Gasteiger partial charge in [-0.15, -0.1) is 0 Å². The standard InChI is InChI=1S/C13H17NO3/c15-12(16)13(6-8-17-9-7-13)14-10-11-4-2-1-3-5-11/h1-5,14H,6-10H2,(H,15,16).